The normalized spacial score (nSPS) is 16.0. The number of hydrogen-bond acceptors (Lipinski definition) is 6. The van der Waals surface area contributed by atoms with Crippen LogP contribution in [0.4, 0.5) is 11.5 Å². The molecule has 1 aliphatic rings. The van der Waals surface area contributed by atoms with Crippen LogP contribution in [-0.4, -0.2) is 37.8 Å². The Labute approximate surface area is 134 Å². The molecule has 3 rings (SSSR count). The minimum atomic E-state index is -0.429. The number of nitro groups is 1. The van der Waals surface area contributed by atoms with Crippen molar-refractivity contribution < 1.29 is 4.92 Å². The minimum Gasteiger partial charge on any atom is -0.357 e. The molecule has 0 spiro atoms. The molecule has 2 aromatic heterocycles. The summed E-state index contributed by atoms with van der Waals surface area (Å²) in [7, 11) is 0. The first-order valence-electron chi connectivity index (χ1n) is 7.81. The molecule has 8 heteroatoms. The van der Waals surface area contributed by atoms with E-state index in [1.165, 1.54) is 12.3 Å². The van der Waals surface area contributed by atoms with Crippen molar-refractivity contribution in [3.63, 3.8) is 0 Å². The van der Waals surface area contributed by atoms with E-state index in [0.717, 1.165) is 37.6 Å². The number of nitrogens with zero attached hydrogens (tertiary/aromatic N) is 6. The van der Waals surface area contributed by atoms with Gasteiger partial charge in [-0.05, 0) is 32.8 Å². The van der Waals surface area contributed by atoms with Gasteiger partial charge in [-0.2, -0.15) is 0 Å². The maximum atomic E-state index is 10.7. The molecule has 0 bridgehead atoms. The van der Waals surface area contributed by atoms with Crippen LogP contribution in [-0.2, 0) is 0 Å². The fraction of sp³-hybridized carbons (Fsp3) is 0.533. The Bertz CT molecular complexity index is 674. The van der Waals surface area contributed by atoms with Crippen LogP contribution in [0, 0.1) is 10.1 Å². The summed E-state index contributed by atoms with van der Waals surface area (Å²) in [6.07, 6.45) is 5.06. The maximum Gasteiger partial charge on any atom is 0.287 e. The van der Waals surface area contributed by atoms with Gasteiger partial charge in [0.1, 0.15) is 24.2 Å². The van der Waals surface area contributed by atoms with Crippen LogP contribution >= 0.6 is 0 Å². The van der Waals surface area contributed by atoms with Gasteiger partial charge in [0.2, 0.25) is 0 Å². The number of rotatable bonds is 4. The maximum absolute atomic E-state index is 10.7. The number of anilines is 1. The van der Waals surface area contributed by atoms with Crippen molar-refractivity contribution in [2.24, 2.45) is 0 Å². The highest BCUT2D eigenvalue weighted by Gasteiger charge is 2.26. The SMILES string of the molecule is CC(C)n1cnnc1C1CCN(c2ccc([N+](=O)[O-])cn2)CC1. The van der Waals surface area contributed by atoms with E-state index >= 15 is 0 Å². The van der Waals surface area contributed by atoms with E-state index in [4.69, 9.17) is 0 Å². The Morgan fingerprint density at radius 1 is 1.30 bits per heavy atom. The van der Waals surface area contributed by atoms with Crippen molar-refractivity contribution in [1.82, 2.24) is 19.7 Å². The van der Waals surface area contributed by atoms with Gasteiger partial charge in [-0.25, -0.2) is 4.98 Å². The van der Waals surface area contributed by atoms with Gasteiger partial charge >= 0.3 is 0 Å². The zero-order valence-corrected chi connectivity index (χ0v) is 13.3. The summed E-state index contributed by atoms with van der Waals surface area (Å²) in [6.45, 7) is 5.98. The molecule has 122 valence electrons. The third kappa shape index (κ3) is 3.15. The third-order valence-corrected chi connectivity index (χ3v) is 4.28. The zero-order chi connectivity index (χ0) is 16.4. The van der Waals surface area contributed by atoms with Crippen molar-refractivity contribution in [1.29, 1.82) is 0 Å². The Morgan fingerprint density at radius 2 is 2.04 bits per heavy atom. The van der Waals surface area contributed by atoms with Crippen molar-refractivity contribution in [3.05, 3.63) is 40.6 Å². The summed E-state index contributed by atoms with van der Waals surface area (Å²) in [5, 5.41) is 19.0. The number of aromatic nitrogens is 4. The molecular weight excluding hydrogens is 296 g/mol. The van der Waals surface area contributed by atoms with Gasteiger partial charge in [0.25, 0.3) is 5.69 Å². The summed E-state index contributed by atoms with van der Waals surface area (Å²) in [5.74, 6) is 2.24. The second-order valence-electron chi connectivity index (χ2n) is 6.08. The van der Waals surface area contributed by atoms with E-state index < -0.39 is 4.92 Å². The molecule has 3 heterocycles. The molecule has 0 radical (unpaired) electrons. The van der Waals surface area contributed by atoms with Crippen LogP contribution in [0.5, 0.6) is 0 Å². The van der Waals surface area contributed by atoms with E-state index in [-0.39, 0.29) is 5.69 Å². The summed E-state index contributed by atoms with van der Waals surface area (Å²) in [5.41, 5.74) is 0.0219. The fourth-order valence-corrected chi connectivity index (χ4v) is 2.98. The molecule has 1 aliphatic heterocycles. The molecule has 2 aromatic rings. The van der Waals surface area contributed by atoms with Gasteiger partial charge in [0, 0.05) is 31.1 Å². The average Bonchev–Trinajstić information content (AvgIpc) is 3.05. The van der Waals surface area contributed by atoms with Gasteiger partial charge in [0.15, 0.2) is 0 Å². The molecule has 0 aliphatic carbocycles. The van der Waals surface area contributed by atoms with Gasteiger partial charge < -0.3 is 9.47 Å². The van der Waals surface area contributed by atoms with Crippen molar-refractivity contribution in [2.75, 3.05) is 18.0 Å². The van der Waals surface area contributed by atoms with Crippen molar-refractivity contribution >= 4 is 11.5 Å². The molecule has 0 atom stereocenters. The Balaban J connectivity index is 1.66. The highest BCUT2D eigenvalue weighted by Crippen LogP contribution is 2.30. The van der Waals surface area contributed by atoms with Crippen LogP contribution in [0.1, 0.15) is 44.5 Å². The first-order chi connectivity index (χ1) is 11.1. The predicted molar refractivity (Wildman–Crippen MR) is 85.5 cm³/mol. The van der Waals surface area contributed by atoms with E-state index in [0.29, 0.717) is 12.0 Å². The van der Waals surface area contributed by atoms with E-state index in [1.54, 1.807) is 12.4 Å². The van der Waals surface area contributed by atoms with Gasteiger partial charge in [-0.15, -0.1) is 10.2 Å². The van der Waals surface area contributed by atoms with Gasteiger partial charge in [-0.1, -0.05) is 0 Å². The molecule has 1 fully saturated rings. The summed E-state index contributed by atoms with van der Waals surface area (Å²) < 4.78 is 2.13. The molecular formula is C15H20N6O2. The predicted octanol–water partition coefficient (Wildman–Crippen LogP) is 2.55. The molecule has 0 amide bonds. The molecule has 8 nitrogen and oxygen atoms in total. The molecule has 0 saturated carbocycles. The Morgan fingerprint density at radius 3 is 2.61 bits per heavy atom. The fourth-order valence-electron chi connectivity index (χ4n) is 2.98. The number of pyridine rings is 1. The number of hydrogen-bond donors (Lipinski definition) is 0. The van der Waals surface area contributed by atoms with Crippen molar-refractivity contribution in [3.8, 4) is 0 Å². The summed E-state index contributed by atoms with van der Waals surface area (Å²) in [6, 6.07) is 3.58. The Kier molecular flexibility index (Phi) is 4.22. The summed E-state index contributed by atoms with van der Waals surface area (Å²) in [4.78, 5) is 16.6. The van der Waals surface area contributed by atoms with Gasteiger partial charge in [0.05, 0.1) is 4.92 Å². The minimum absolute atomic E-state index is 0.0219. The molecule has 0 aromatic carbocycles. The topological polar surface area (TPSA) is 90.0 Å². The third-order valence-electron chi connectivity index (χ3n) is 4.28. The average molecular weight is 316 g/mol. The lowest BCUT2D eigenvalue weighted by molar-refractivity contribution is -0.385. The lowest BCUT2D eigenvalue weighted by Crippen LogP contribution is -2.34. The van der Waals surface area contributed by atoms with E-state index in [9.17, 15) is 10.1 Å². The number of piperidine rings is 1. The standard InChI is InChI=1S/C15H20N6O2/c1-11(2)20-10-17-18-15(20)12-5-7-19(8-6-12)14-4-3-13(9-16-14)21(22)23/h3-4,9-12H,5-8H2,1-2H3. The largest absolute Gasteiger partial charge is 0.357 e. The van der Waals surface area contributed by atoms with Gasteiger partial charge in [-0.3, -0.25) is 10.1 Å². The van der Waals surface area contributed by atoms with Crippen LogP contribution in [0.2, 0.25) is 0 Å². The quantitative estimate of drug-likeness (QED) is 0.636. The van der Waals surface area contributed by atoms with E-state index in [1.807, 2.05) is 0 Å². The van der Waals surface area contributed by atoms with Crippen LogP contribution in [0.3, 0.4) is 0 Å². The monoisotopic (exact) mass is 316 g/mol. The van der Waals surface area contributed by atoms with Crippen LogP contribution in [0.25, 0.3) is 0 Å². The summed E-state index contributed by atoms with van der Waals surface area (Å²) >= 11 is 0. The second-order valence-corrected chi connectivity index (χ2v) is 6.08. The van der Waals surface area contributed by atoms with Crippen molar-refractivity contribution in [2.45, 2.75) is 38.6 Å². The second kappa shape index (κ2) is 6.31. The van der Waals surface area contributed by atoms with E-state index in [2.05, 4.69) is 38.5 Å². The first-order valence-corrected chi connectivity index (χ1v) is 7.81. The highest BCUT2D eigenvalue weighted by atomic mass is 16.6. The smallest absolute Gasteiger partial charge is 0.287 e. The Hall–Kier alpha value is -2.51. The zero-order valence-electron chi connectivity index (χ0n) is 13.3. The highest BCUT2D eigenvalue weighted by molar-refractivity contribution is 5.43. The lowest BCUT2D eigenvalue weighted by atomic mass is 9.95. The first kappa shape index (κ1) is 15.4. The van der Waals surface area contributed by atoms with Crippen LogP contribution in [0.15, 0.2) is 24.7 Å². The molecule has 23 heavy (non-hydrogen) atoms. The lowest BCUT2D eigenvalue weighted by Gasteiger charge is -2.32. The van der Waals surface area contributed by atoms with Crippen LogP contribution < -0.4 is 4.90 Å². The molecule has 0 N–H and O–H groups in total. The molecule has 1 saturated heterocycles. The molecule has 0 unspecified atom stereocenters.